The summed E-state index contributed by atoms with van der Waals surface area (Å²) in [6, 6.07) is 1.80. The van der Waals surface area contributed by atoms with E-state index in [1.165, 1.54) is 0 Å². The van der Waals surface area contributed by atoms with Crippen molar-refractivity contribution in [3.05, 3.63) is 11.8 Å². The van der Waals surface area contributed by atoms with Crippen LogP contribution in [-0.2, 0) is 0 Å². The first-order valence-electron chi connectivity index (χ1n) is 7.04. The molecule has 0 aromatic carbocycles. The Labute approximate surface area is 123 Å². The van der Waals surface area contributed by atoms with E-state index in [1.807, 2.05) is 11.8 Å². The van der Waals surface area contributed by atoms with Crippen molar-refractivity contribution in [3.63, 3.8) is 0 Å². The summed E-state index contributed by atoms with van der Waals surface area (Å²) >= 11 is 0. The molecule has 1 aliphatic rings. The Kier molecular flexibility index (Phi) is 5.26. The lowest BCUT2D eigenvalue weighted by Crippen LogP contribution is -2.49. The normalized spacial score (nSPS) is 17.2. The van der Waals surface area contributed by atoms with E-state index in [1.54, 1.807) is 6.07 Å². The maximum absolute atomic E-state index is 12.3. The van der Waals surface area contributed by atoms with E-state index in [9.17, 15) is 4.39 Å². The molecule has 0 spiro atoms. The van der Waals surface area contributed by atoms with Crippen LogP contribution in [0.2, 0.25) is 0 Å². The first-order valence-corrected chi connectivity index (χ1v) is 7.04. The molecule has 1 saturated heterocycles. The van der Waals surface area contributed by atoms with Crippen molar-refractivity contribution in [1.82, 2.24) is 20.0 Å². The number of alkyl halides is 1. The molecule has 0 radical (unpaired) electrons. The summed E-state index contributed by atoms with van der Waals surface area (Å²) in [6.07, 6.45) is 0.301. The summed E-state index contributed by atoms with van der Waals surface area (Å²) in [5, 5.41) is 14.9. The molecule has 0 bridgehead atoms. The number of aromatic amines is 1. The van der Waals surface area contributed by atoms with Crippen LogP contribution in [-0.4, -0.2) is 71.1 Å². The van der Waals surface area contributed by atoms with E-state index < -0.39 is 0 Å². The van der Waals surface area contributed by atoms with Gasteiger partial charge >= 0.3 is 0 Å². The summed E-state index contributed by atoms with van der Waals surface area (Å²) in [7, 11) is 0. The van der Waals surface area contributed by atoms with Crippen LogP contribution >= 0.6 is 0 Å². The zero-order valence-corrected chi connectivity index (χ0v) is 12.3. The Balaban J connectivity index is 1.83. The largest absolute Gasteiger partial charge is 0.387 e. The lowest BCUT2D eigenvalue weighted by Gasteiger charge is -2.35. The second-order valence-corrected chi connectivity index (χ2v) is 5.15. The van der Waals surface area contributed by atoms with Gasteiger partial charge in [0.15, 0.2) is 5.82 Å². The quantitative estimate of drug-likeness (QED) is 0.549. The number of aliphatic imine (C=N–C) groups is 1. The van der Waals surface area contributed by atoms with E-state index >= 15 is 0 Å². The van der Waals surface area contributed by atoms with Crippen molar-refractivity contribution < 1.29 is 4.39 Å². The Bertz CT molecular complexity index is 502. The van der Waals surface area contributed by atoms with Gasteiger partial charge in [-0.05, 0) is 6.92 Å². The Morgan fingerprint density at radius 2 is 2.19 bits per heavy atom. The van der Waals surface area contributed by atoms with Gasteiger partial charge < -0.3 is 10.6 Å². The SMILES string of the molecule is Cc1cc(N=C(N)CC(=N)N2CCN(CCF)CC2)n[nH]1. The molecule has 1 aromatic rings. The molecule has 1 aromatic heterocycles. The molecule has 0 unspecified atom stereocenters. The molecular weight excluding hydrogens is 273 g/mol. The molecule has 1 aliphatic heterocycles. The minimum Gasteiger partial charge on any atom is -0.387 e. The fourth-order valence-corrected chi connectivity index (χ4v) is 2.29. The van der Waals surface area contributed by atoms with Crippen molar-refractivity contribution in [2.45, 2.75) is 13.3 Å². The van der Waals surface area contributed by atoms with Crippen LogP contribution in [0.5, 0.6) is 0 Å². The third-order valence-electron chi connectivity index (χ3n) is 3.45. The number of hydrogen-bond acceptors (Lipinski definition) is 4. The molecule has 8 heteroatoms. The number of nitrogens with zero attached hydrogens (tertiary/aromatic N) is 4. The van der Waals surface area contributed by atoms with Crippen LogP contribution in [0.3, 0.4) is 0 Å². The van der Waals surface area contributed by atoms with Crippen molar-refractivity contribution in [2.75, 3.05) is 39.4 Å². The van der Waals surface area contributed by atoms with Crippen molar-refractivity contribution >= 4 is 17.5 Å². The average molecular weight is 295 g/mol. The van der Waals surface area contributed by atoms with Gasteiger partial charge in [0.25, 0.3) is 0 Å². The molecule has 2 rings (SSSR count). The van der Waals surface area contributed by atoms with Crippen LogP contribution < -0.4 is 5.73 Å². The predicted molar refractivity (Wildman–Crippen MR) is 80.9 cm³/mol. The molecule has 1 fully saturated rings. The van der Waals surface area contributed by atoms with Crippen LogP contribution in [0, 0.1) is 12.3 Å². The number of nitrogens with two attached hydrogens (primary N) is 1. The number of amidine groups is 2. The average Bonchev–Trinajstić information content (AvgIpc) is 2.85. The lowest BCUT2D eigenvalue weighted by atomic mass is 10.2. The molecular formula is C13H22FN7. The monoisotopic (exact) mass is 295 g/mol. The summed E-state index contributed by atoms with van der Waals surface area (Å²) in [5.41, 5.74) is 6.78. The number of nitrogens with one attached hydrogen (secondary N) is 2. The van der Waals surface area contributed by atoms with E-state index in [0.717, 1.165) is 31.9 Å². The number of aryl methyl sites for hydroxylation is 1. The van der Waals surface area contributed by atoms with Gasteiger partial charge in [-0.3, -0.25) is 15.4 Å². The number of aromatic nitrogens is 2. The van der Waals surface area contributed by atoms with Gasteiger partial charge in [0.1, 0.15) is 18.3 Å². The van der Waals surface area contributed by atoms with Gasteiger partial charge in [0.05, 0.1) is 6.42 Å². The summed E-state index contributed by atoms with van der Waals surface area (Å²) in [5.74, 6) is 1.35. The number of rotatable bonds is 5. The second-order valence-electron chi connectivity index (χ2n) is 5.15. The summed E-state index contributed by atoms with van der Waals surface area (Å²) < 4.78 is 12.3. The lowest BCUT2D eigenvalue weighted by molar-refractivity contribution is 0.170. The highest BCUT2D eigenvalue weighted by Gasteiger charge is 2.19. The Hall–Kier alpha value is -1.96. The fraction of sp³-hybridized carbons (Fsp3) is 0.615. The van der Waals surface area contributed by atoms with Gasteiger partial charge in [-0.15, -0.1) is 0 Å². The molecule has 0 amide bonds. The molecule has 2 heterocycles. The minimum absolute atomic E-state index is 0.301. The number of piperazine rings is 1. The smallest absolute Gasteiger partial charge is 0.175 e. The van der Waals surface area contributed by atoms with Crippen LogP contribution in [0.25, 0.3) is 0 Å². The van der Waals surface area contributed by atoms with Gasteiger partial charge in [0, 0.05) is 44.5 Å². The molecule has 116 valence electrons. The van der Waals surface area contributed by atoms with Gasteiger partial charge in [-0.25, -0.2) is 9.38 Å². The van der Waals surface area contributed by atoms with E-state index in [4.69, 9.17) is 11.1 Å². The standard InChI is InChI=1S/C13H22FN7/c1-10-8-13(19-18-10)17-11(15)9-12(16)21-6-4-20(3-2-14)5-7-21/h8,16H,2-7,9H2,1H3,(H3,15,17,18,19). The maximum atomic E-state index is 12.3. The molecule has 21 heavy (non-hydrogen) atoms. The van der Waals surface area contributed by atoms with E-state index in [-0.39, 0.29) is 6.67 Å². The van der Waals surface area contributed by atoms with Gasteiger partial charge in [0.2, 0.25) is 0 Å². The van der Waals surface area contributed by atoms with Crippen molar-refractivity contribution in [2.24, 2.45) is 10.7 Å². The molecule has 7 nitrogen and oxygen atoms in total. The number of hydrogen-bond donors (Lipinski definition) is 3. The minimum atomic E-state index is -0.319. The molecule has 4 N–H and O–H groups in total. The number of halogens is 1. The highest BCUT2D eigenvalue weighted by molar-refractivity contribution is 6.01. The highest BCUT2D eigenvalue weighted by Crippen LogP contribution is 2.09. The van der Waals surface area contributed by atoms with Crippen LogP contribution in [0.1, 0.15) is 12.1 Å². The fourth-order valence-electron chi connectivity index (χ4n) is 2.29. The summed E-state index contributed by atoms with van der Waals surface area (Å²) in [6.45, 7) is 5.07. The zero-order chi connectivity index (χ0) is 15.2. The molecule has 0 atom stereocenters. The third-order valence-corrected chi connectivity index (χ3v) is 3.45. The van der Waals surface area contributed by atoms with E-state index in [2.05, 4.69) is 20.1 Å². The Morgan fingerprint density at radius 1 is 1.48 bits per heavy atom. The van der Waals surface area contributed by atoms with Crippen molar-refractivity contribution in [1.29, 1.82) is 5.41 Å². The first kappa shape index (κ1) is 15.4. The Morgan fingerprint density at radius 3 is 2.76 bits per heavy atom. The highest BCUT2D eigenvalue weighted by atomic mass is 19.1. The van der Waals surface area contributed by atoms with Gasteiger partial charge in [-0.1, -0.05) is 0 Å². The maximum Gasteiger partial charge on any atom is 0.175 e. The first-order chi connectivity index (χ1) is 10.1. The summed E-state index contributed by atoms with van der Waals surface area (Å²) in [4.78, 5) is 8.21. The van der Waals surface area contributed by atoms with Crippen molar-refractivity contribution in [3.8, 4) is 0 Å². The second kappa shape index (κ2) is 7.16. The topological polar surface area (TPSA) is 97.4 Å². The van der Waals surface area contributed by atoms with Crippen LogP contribution in [0.4, 0.5) is 10.2 Å². The van der Waals surface area contributed by atoms with Crippen LogP contribution in [0.15, 0.2) is 11.1 Å². The third kappa shape index (κ3) is 4.52. The van der Waals surface area contributed by atoms with E-state index in [0.29, 0.717) is 30.5 Å². The molecule has 0 saturated carbocycles. The number of H-pyrrole nitrogens is 1. The predicted octanol–water partition coefficient (Wildman–Crippen LogP) is 0.661. The zero-order valence-electron chi connectivity index (χ0n) is 12.3. The van der Waals surface area contributed by atoms with Gasteiger partial charge in [-0.2, -0.15) is 5.10 Å². The molecule has 0 aliphatic carbocycles.